The van der Waals surface area contributed by atoms with Gasteiger partial charge < -0.3 is 5.32 Å². The first-order valence-electron chi connectivity index (χ1n) is 2.82. The lowest BCUT2D eigenvalue weighted by molar-refractivity contribution is 0.740. The summed E-state index contributed by atoms with van der Waals surface area (Å²) >= 11 is 6.62. The van der Waals surface area contributed by atoms with Crippen molar-refractivity contribution in [3.8, 4) is 0 Å². The molecule has 0 amide bonds. The third kappa shape index (κ3) is 1.69. The van der Waals surface area contributed by atoms with E-state index in [9.17, 15) is 0 Å². The lowest BCUT2D eigenvalue weighted by Crippen LogP contribution is -2.28. The second-order valence-corrected chi connectivity index (χ2v) is 3.85. The van der Waals surface area contributed by atoms with Gasteiger partial charge in [-0.05, 0) is 0 Å². The average Bonchev–Trinajstić information content (AvgIpc) is 1.80. The molecule has 0 aromatic heterocycles. The molecule has 1 aliphatic heterocycles. The summed E-state index contributed by atoms with van der Waals surface area (Å²) in [4.78, 5) is 0. The molecule has 1 aliphatic rings. The minimum absolute atomic E-state index is 0.557. The summed E-state index contributed by atoms with van der Waals surface area (Å²) in [6.07, 6.45) is 0. The molecule has 9 heavy (non-hydrogen) atoms. The second kappa shape index (κ2) is 2.71. The van der Waals surface area contributed by atoms with Gasteiger partial charge in [-0.2, -0.15) is 0 Å². The highest BCUT2D eigenvalue weighted by Crippen LogP contribution is 2.20. The Balaban J connectivity index is 2.54. The van der Waals surface area contributed by atoms with Gasteiger partial charge in [0.2, 0.25) is 0 Å². The van der Waals surface area contributed by atoms with Crippen LogP contribution in [0.3, 0.4) is 0 Å². The van der Waals surface area contributed by atoms with Crippen LogP contribution in [0.15, 0.2) is 12.3 Å². The van der Waals surface area contributed by atoms with Crippen LogP contribution in [0.2, 0.25) is 0 Å². The lowest BCUT2D eigenvalue weighted by Gasteiger charge is -2.22. The van der Waals surface area contributed by atoms with Gasteiger partial charge in [0.15, 0.2) is 0 Å². The van der Waals surface area contributed by atoms with Gasteiger partial charge in [0.1, 0.15) is 4.32 Å². The molecule has 1 saturated heterocycles. The lowest BCUT2D eigenvalue weighted by atomic mass is 10.1. The highest BCUT2D eigenvalue weighted by atomic mass is 32.2. The number of hydrogen-bond acceptors (Lipinski definition) is 2. The van der Waals surface area contributed by atoms with Crippen LogP contribution in [0.4, 0.5) is 0 Å². The van der Waals surface area contributed by atoms with Crippen LogP contribution in [0.1, 0.15) is 6.92 Å². The number of thiocarbonyl (C=S) groups is 1. The fraction of sp³-hybridized carbons (Fsp3) is 0.500. The molecule has 1 nitrogen and oxygen atoms in total. The van der Waals surface area contributed by atoms with Gasteiger partial charge in [0.25, 0.3) is 0 Å². The molecular weight excluding hydrogens is 150 g/mol. The quantitative estimate of drug-likeness (QED) is 0.541. The Hall–Kier alpha value is -0.0200. The average molecular weight is 159 g/mol. The molecule has 1 atom stereocenters. The molecule has 1 heterocycles. The van der Waals surface area contributed by atoms with Crippen molar-refractivity contribution in [3.05, 3.63) is 12.3 Å². The molecule has 0 aromatic rings. The smallest absolute Gasteiger partial charge is 0.137 e. The number of nitrogens with one attached hydrogen (secondary N) is 1. The first kappa shape index (κ1) is 7.09. The van der Waals surface area contributed by atoms with Crippen LogP contribution in [-0.4, -0.2) is 10.1 Å². The van der Waals surface area contributed by atoms with Crippen molar-refractivity contribution in [2.45, 2.75) is 6.92 Å². The molecule has 0 bridgehead atoms. The molecule has 50 valence electrons. The number of rotatable bonds is 0. The maximum Gasteiger partial charge on any atom is 0.137 e. The predicted molar refractivity (Wildman–Crippen MR) is 46.5 cm³/mol. The SMILES string of the molecule is C=C1NC(=S)SCC1C. The zero-order valence-electron chi connectivity index (χ0n) is 5.31. The molecule has 1 N–H and O–H groups in total. The Labute approximate surface area is 64.9 Å². The van der Waals surface area contributed by atoms with Crippen LogP contribution in [-0.2, 0) is 0 Å². The Kier molecular flexibility index (Phi) is 2.13. The van der Waals surface area contributed by atoms with Crippen molar-refractivity contribution in [1.82, 2.24) is 5.32 Å². The van der Waals surface area contributed by atoms with Gasteiger partial charge in [-0.3, -0.25) is 0 Å². The number of allylic oxidation sites excluding steroid dienone is 1. The summed E-state index contributed by atoms with van der Waals surface area (Å²) in [5.41, 5.74) is 1.05. The molecule has 1 unspecified atom stereocenters. The Morgan fingerprint density at radius 1 is 1.89 bits per heavy atom. The maximum absolute atomic E-state index is 4.93. The molecule has 0 spiro atoms. The van der Waals surface area contributed by atoms with Crippen molar-refractivity contribution in [2.75, 3.05) is 5.75 Å². The van der Waals surface area contributed by atoms with Crippen molar-refractivity contribution in [2.24, 2.45) is 5.92 Å². The zero-order valence-corrected chi connectivity index (χ0v) is 6.94. The van der Waals surface area contributed by atoms with Crippen LogP contribution in [0.5, 0.6) is 0 Å². The summed E-state index contributed by atoms with van der Waals surface area (Å²) in [5, 5.41) is 3.03. The summed E-state index contributed by atoms with van der Waals surface area (Å²) in [6.45, 7) is 5.98. The van der Waals surface area contributed by atoms with Crippen LogP contribution < -0.4 is 5.32 Å². The third-order valence-electron chi connectivity index (χ3n) is 1.32. The largest absolute Gasteiger partial charge is 0.345 e. The van der Waals surface area contributed by atoms with E-state index >= 15 is 0 Å². The van der Waals surface area contributed by atoms with Gasteiger partial charge in [0, 0.05) is 17.4 Å². The van der Waals surface area contributed by atoms with E-state index in [4.69, 9.17) is 12.2 Å². The van der Waals surface area contributed by atoms with Gasteiger partial charge >= 0.3 is 0 Å². The summed E-state index contributed by atoms with van der Waals surface area (Å²) in [7, 11) is 0. The fourth-order valence-corrected chi connectivity index (χ4v) is 1.73. The molecule has 0 aliphatic carbocycles. The summed E-state index contributed by atoms with van der Waals surface area (Å²) < 4.78 is 0.859. The normalized spacial score (nSPS) is 27.9. The Bertz CT molecular complexity index is 153. The zero-order chi connectivity index (χ0) is 6.85. The fourth-order valence-electron chi connectivity index (χ4n) is 0.592. The highest BCUT2D eigenvalue weighted by molar-refractivity contribution is 8.23. The van der Waals surface area contributed by atoms with Crippen molar-refractivity contribution < 1.29 is 0 Å². The summed E-state index contributed by atoms with van der Waals surface area (Å²) in [5.74, 6) is 1.63. The maximum atomic E-state index is 4.93. The van der Waals surface area contributed by atoms with E-state index in [1.807, 2.05) is 0 Å². The van der Waals surface area contributed by atoms with E-state index in [0.29, 0.717) is 5.92 Å². The number of thioether (sulfide) groups is 1. The molecule has 0 aromatic carbocycles. The van der Waals surface area contributed by atoms with Crippen LogP contribution in [0, 0.1) is 5.92 Å². The molecule has 0 radical (unpaired) electrons. The predicted octanol–water partition coefficient (Wildman–Crippen LogP) is 1.76. The third-order valence-corrected chi connectivity index (χ3v) is 2.81. The van der Waals surface area contributed by atoms with Gasteiger partial charge in [-0.25, -0.2) is 0 Å². The van der Waals surface area contributed by atoms with Crippen LogP contribution >= 0.6 is 24.0 Å². The standard InChI is InChI=1S/C6H9NS2/c1-4-3-9-6(8)7-5(4)2/h4H,2-3H2,1H3,(H,7,8). The van der Waals surface area contributed by atoms with Crippen molar-refractivity contribution in [3.63, 3.8) is 0 Å². The second-order valence-electron chi connectivity index (χ2n) is 2.15. The monoisotopic (exact) mass is 159 g/mol. The van der Waals surface area contributed by atoms with E-state index < -0.39 is 0 Å². The van der Waals surface area contributed by atoms with E-state index in [-0.39, 0.29) is 0 Å². The molecule has 1 rings (SSSR count). The highest BCUT2D eigenvalue weighted by Gasteiger charge is 2.14. The van der Waals surface area contributed by atoms with Crippen molar-refractivity contribution >= 4 is 28.3 Å². The van der Waals surface area contributed by atoms with E-state index in [1.165, 1.54) is 0 Å². The first-order chi connectivity index (χ1) is 4.20. The topological polar surface area (TPSA) is 12.0 Å². The number of hydrogen-bond donors (Lipinski definition) is 1. The Morgan fingerprint density at radius 2 is 2.56 bits per heavy atom. The van der Waals surface area contributed by atoms with E-state index in [0.717, 1.165) is 15.8 Å². The Morgan fingerprint density at radius 3 is 3.00 bits per heavy atom. The van der Waals surface area contributed by atoms with Crippen molar-refractivity contribution in [1.29, 1.82) is 0 Å². The molecular formula is C6H9NS2. The first-order valence-corrected chi connectivity index (χ1v) is 4.22. The minimum atomic E-state index is 0.557. The molecule has 1 fully saturated rings. The summed E-state index contributed by atoms with van der Waals surface area (Å²) in [6, 6.07) is 0. The van der Waals surface area contributed by atoms with Gasteiger partial charge in [-0.15, -0.1) is 0 Å². The van der Waals surface area contributed by atoms with Crippen LogP contribution in [0.25, 0.3) is 0 Å². The van der Waals surface area contributed by atoms with E-state index in [2.05, 4.69) is 18.8 Å². The molecule has 3 heteroatoms. The van der Waals surface area contributed by atoms with E-state index in [1.54, 1.807) is 11.8 Å². The van der Waals surface area contributed by atoms with Gasteiger partial charge in [0.05, 0.1) is 0 Å². The molecule has 0 saturated carbocycles. The minimum Gasteiger partial charge on any atom is -0.345 e. The van der Waals surface area contributed by atoms with Gasteiger partial charge in [-0.1, -0.05) is 37.5 Å².